The van der Waals surface area contributed by atoms with Gasteiger partial charge < -0.3 is 14.8 Å². The minimum atomic E-state index is 0.315. The minimum absolute atomic E-state index is 0.315. The predicted octanol–water partition coefficient (Wildman–Crippen LogP) is 4.18. The molecule has 114 valence electrons. The second kappa shape index (κ2) is 8.85. The van der Waals surface area contributed by atoms with Crippen molar-refractivity contribution in [1.29, 1.82) is 0 Å². The molecule has 0 spiro atoms. The first kappa shape index (κ1) is 16.8. The molecule has 3 heteroatoms. The quantitative estimate of drug-likeness (QED) is 0.735. The van der Waals surface area contributed by atoms with Crippen LogP contribution in [0.25, 0.3) is 0 Å². The summed E-state index contributed by atoms with van der Waals surface area (Å²) in [5, 5.41) is 3.68. The van der Waals surface area contributed by atoms with Crippen molar-refractivity contribution < 1.29 is 9.47 Å². The molecular formula is C17H29NO2. The summed E-state index contributed by atoms with van der Waals surface area (Å²) in [5.41, 5.74) is 1.20. The van der Waals surface area contributed by atoms with Gasteiger partial charge in [0.2, 0.25) is 0 Å². The van der Waals surface area contributed by atoms with E-state index < -0.39 is 0 Å². The second-order valence-corrected chi connectivity index (χ2v) is 5.09. The van der Waals surface area contributed by atoms with Crippen molar-refractivity contribution in [1.82, 2.24) is 5.32 Å². The maximum atomic E-state index is 5.60. The lowest BCUT2D eigenvalue weighted by Crippen LogP contribution is -2.29. The maximum absolute atomic E-state index is 5.60. The Morgan fingerprint density at radius 1 is 1.05 bits per heavy atom. The van der Waals surface area contributed by atoms with E-state index in [0.29, 0.717) is 12.0 Å². The molecule has 0 heterocycles. The predicted molar refractivity (Wildman–Crippen MR) is 84.7 cm³/mol. The highest BCUT2D eigenvalue weighted by molar-refractivity contribution is 5.48. The molecule has 0 fully saturated rings. The fraction of sp³-hybridized carbons (Fsp3) is 0.647. The first-order valence-electron chi connectivity index (χ1n) is 7.67. The van der Waals surface area contributed by atoms with E-state index in [9.17, 15) is 0 Å². The Kier molecular flexibility index (Phi) is 7.45. The highest BCUT2D eigenvalue weighted by atomic mass is 16.5. The summed E-state index contributed by atoms with van der Waals surface area (Å²) in [7, 11) is 3.40. The first-order chi connectivity index (χ1) is 9.73. The molecule has 1 rings (SSSR count). The Morgan fingerprint density at radius 3 is 2.25 bits per heavy atom. The van der Waals surface area contributed by atoms with Crippen molar-refractivity contribution >= 4 is 0 Å². The zero-order chi connectivity index (χ0) is 15.0. The zero-order valence-electron chi connectivity index (χ0n) is 13.5. The van der Waals surface area contributed by atoms with Gasteiger partial charge in [-0.05, 0) is 24.9 Å². The Bertz CT molecular complexity index is 389. The number of rotatable bonds is 9. The third-order valence-electron chi connectivity index (χ3n) is 3.90. The largest absolute Gasteiger partial charge is 0.493 e. The van der Waals surface area contributed by atoms with E-state index in [-0.39, 0.29) is 0 Å². The number of para-hydroxylation sites is 1. The summed E-state index contributed by atoms with van der Waals surface area (Å²) in [4.78, 5) is 0. The van der Waals surface area contributed by atoms with Crippen LogP contribution in [0.2, 0.25) is 0 Å². The second-order valence-electron chi connectivity index (χ2n) is 5.09. The summed E-state index contributed by atoms with van der Waals surface area (Å²) in [6, 6.07) is 6.45. The van der Waals surface area contributed by atoms with Crippen LogP contribution in [0.15, 0.2) is 18.2 Å². The molecule has 1 aromatic rings. The smallest absolute Gasteiger partial charge is 0.165 e. The van der Waals surface area contributed by atoms with Crippen molar-refractivity contribution in [3.8, 4) is 11.5 Å². The SMILES string of the molecule is CCCNC(c1cccc(OC)c1OC)C(CC)CC. The van der Waals surface area contributed by atoms with E-state index >= 15 is 0 Å². The fourth-order valence-electron chi connectivity index (χ4n) is 2.75. The van der Waals surface area contributed by atoms with Crippen molar-refractivity contribution in [3.05, 3.63) is 23.8 Å². The zero-order valence-corrected chi connectivity index (χ0v) is 13.5. The Labute approximate surface area is 123 Å². The van der Waals surface area contributed by atoms with Gasteiger partial charge in [0.25, 0.3) is 0 Å². The number of benzene rings is 1. The van der Waals surface area contributed by atoms with Crippen LogP contribution < -0.4 is 14.8 Å². The van der Waals surface area contributed by atoms with Crippen LogP contribution in [0.5, 0.6) is 11.5 Å². The number of hydrogen-bond donors (Lipinski definition) is 1. The van der Waals surface area contributed by atoms with Gasteiger partial charge in [0.05, 0.1) is 14.2 Å². The van der Waals surface area contributed by atoms with Crippen LogP contribution in [0, 0.1) is 5.92 Å². The third-order valence-corrected chi connectivity index (χ3v) is 3.90. The highest BCUT2D eigenvalue weighted by Crippen LogP contribution is 2.38. The van der Waals surface area contributed by atoms with Gasteiger partial charge in [-0.25, -0.2) is 0 Å². The lowest BCUT2D eigenvalue weighted by atomic mass is 9.88. The third kappa shape index (κ3) is 3.89. The molecule has 0 radical (unpaired) electrons. The molecule has 0 bridgehead atoms. The van der Waals surface area contributed by atoms with E-state index in [4.69, 9.17) is 9.47 Å². The normalized spacial score (nSPS) is 12.5. The Balaban J connectivity index is 3.17. The van der Waals surface area contributed by atoms with E-state index in [2.05, 4.69) is 32.2 Å². The summed E-state index contributed by atoms with van der Waals surface area (Å²) in [5.74, 6) is 2.26. The average Bonchev–Trinajstić information content (AvgIpc) is 2.50. The molecule has 0 aliphatic carbocycles. The lowest BCUT2D eigenvalue weighted by Gasteiger charge is -2.28. The standard InChI is InChI=1S/C17H29NO2/c1-6-12-18-16(13(7-2)8-3)14-10-9-11-15(19-4)17(14)20-5/h9-11,13,16,18H,6-8,12H2,1-5H3. The molecule has 0 aliphatic heterocycles. The van der Waals surface area contributed by atoms with Gasteiger partial charge in [-0.3, -0.25) is 0 Å². The molecule has 20 heavy (non-hydrogen) atoms. The van der Waals surface area contributed by atoms with Crippen LogP contribution >= 0.6 is 0 Å². The van der Waals surface area contributed by atoms with Crippen LogP contribution in [-0.2, 0) is 0 Å². The Hall–Kier alpha value is -1.22. The number of nitrogens with one attached hydrogen (secondary N) is 1. The summed E-state index contributed by atoms with van der Waals surface area (Å²) in [6.07, 6.45) is 3.43. The molecule has 1 unspecified atom stereocenters. The number of hydrogen-bond acceptors (Lipinski definition) is 3. The topological polar surface area (TPSA) is 30.5 Å². The van der Waals surface area contributed by atoms with Gasteiger partial charge in [-0.2, -0.15) is 0 Å². The first-order valence-corrected chi connectivity index (χ1v) is 7.67. The summed E-state index contributed by atoms with van der Waals surface area (Å²) in [6.45, 7) is 7.71. The molecule has 0 saturated heterocycles. The molecule has 3 nitrogen and oxygen atoms in total. The lowest BCUT2D eigenvalue weighted by molar-refractivity contribution is 0.313. The van der Waals surface area contributed by atoms with Gasteiger partial charge in [0.15, 0.2) is 11.5 Å². The van der Waals surface area contributed by atoms with Crippen LogP contribution in [0.3, 0.4) is 0 Å². The van der Waals surface area contributed by atoms with Gasteiger partial charge in [0.1, 0.15) is 0 Å². The molecule has 1 aromatic carbocycles. The molecular weight excluding hydrogens is 250 g/mol. The van der Waals surface area contributed by atoms with Crippen molar-refractivity contribution in [2.75, 3.05) is 20.8 Å². The molecule has 0 aromatic heterocycles. The van der Waals surface area contributed by atoms with Gasteiger partial charge in [0, 0.05) is 11.6 Å². The molecule has 0 saturated carbocycles. The van der Waals surface area contributed by atoms with Crippen LogP contribution in [0.4, 0.5) is 0 Å². The fourth-order valence-corrected chi connectivity index (χ4v) is 2.75. The van der Waals surface area contributed by atoms with E-state index in [0.717, 1.165) is 37.3 Å². The Morgan fingerprint density at radius 2 is 1.75 bits per heavy atom. The number of ether oxygens (including phenoxy) is 2. The van der Waals surface area contributed by atoms with Gasteiger partial charge >= 0.3 is 0 Å². The maximum Gasteiger partial charge on any atom is 0.165 e. The number of methoxy groups -OCH3 is 2. The highest BCUT2D eigenvalue weighted by Gasteiger charge is 2.24. The molecule has 0 aliphatic rings. The van der Waals surface area contributed by atoms with E-state index in [1.165, 1.54) is 5.56 Å². The van der Waals surface area contributed by atoms with Crippen LogP contribution in [0.1, 0.15) is 51.6 Å². The van der Waals surface area contributed by atoms with Crippen molar-refractivity contribution in [3.63, 3.8) is 0 Å². The molecule has 1 atom stereocenters. The minimum Gasteiger partial charge on any atom is -0.493 e. The van der Waals surface area contributed by atoms with Crippen molar-refractivity contribution in [2.24, 2.45) is 5.92 Å². The summed E-state index contributed by atoms with van der Waals surface area (Å²) >= 11 is 0. The van der Waals surface area contributed by atoms with Crippen LogP contribution in [-0.4, -0.2) is 20.8 Å². The monoisotopic (exact) mass is 279 g/mol. The molecule has 1 N–H and O–H groups in total. The molecule has 0 amide bonds. The average molecular weight is 279 g/mol. The van der Waals surface area contributed by atoms with E-state index in [1.54, 1.807) is 14.2 Å². The van der Waals surface area contributed by atoms with Gasteiger partial charge in [-0.1, -0.05) is 45.7 Å². The van der Waals surface area contributed by atoms with E-state index in [1.807, 2.05) is 12.1 Å². The summed E-state index contributed by atoms with van der Waals surface area (Å²) < 4.78 is 11.0. The van der Waals surface area contributed by atoms with Crippen molar-refractivity contribution in [2.45, 2.75) is 46.1 Å². The van der Waals surface area contributed by atoms with Gasteiger partial charge in [-0.15, -0.1) is 0 Å².